The molecule has 4 rings (SSSR count). The summed E-state index contributed by atoms with van der Waals surface area (Å²) in [6.07, 6.45) is -15.5. The lowest BCUT2D eigenvalue weighted by molar-refractivity contribution is -0.143. The first-order chi connectivity index (χ1) is 18.9. The van der Waals surface area contributed by atoms with Crippen molar-refractivity contribution in [2.24, 2.45) is 0 Å². The van der Waals surface area contributed by atoms with E-state index < -0.39 is 75.8 Å². The van der Waals surface area contributed by atoms with Crippen molar-refractivity contribution in [1.29, 1.82) is 5.26 Å². The maximum Gasteiger partial charge on any atom is 0.417 e. The highest BCUT2D eigenvalue weighted by Crippen LogP contribution is 2.42. The second-order valence-corrected chi connectivity index (χ2v) is 9.60. The van der Waals surface area contributed by atoms with Crippen LogP contribution in [0.25, 0.3) is 21.0 Å². The first kappa shape index (κ1) is 29.8. The molecule has 2 aromatic carbocycles. The molecule has 0 radical (unpaired) electrons. The molecule has 2 aromatic heterocycles. The fourth-order valence-electron chi connectivity index (χ4n) is 3.89. The smallest absolute Gasteiger partial charge is 0.302 e. The molecule has 3 nitrogen and oxygen atoms in total. The number of benzene rings is 2. The van der Waals surface area contributed by atoms with Gasteiger partial charge in [-0.15, -0.1) is 11.3 Å². The Kier molecular flexibility index (Phi) is 7.50. The number of pyridine rings is 1. The van der Waals surface area contributed by atoms with Crippen molar-refractivity contribution in [3.63, 3.8) is 0 Å². The normalized spacial score (nSPS) is 12.4. The van der Waals surface area contributed by atoms with E-state index >= 15 is 0 Å². The molecular formula is C26H11F11N2OS. The predicted octanol–water partition coefficient (Wildman–Crippen LogP) is 8.50. The van der Waals surface area contributed by atoms with Crippen molar-refractivity contribution in [2.75, 3.05) is 0 Å². The van der Waals surface area contributed by atoms with Crippen LogP contribution in [0.4, 0.5) is 48.3 Å². The van der Waals surface area contributed by atoms with Crippen molar-refractivity contribution in [2.45, 2.75) is 25.1 Å². The van der Waals surface area contributed by atoms with Crippen molar-refractivity contribution < 1.29 is 48.3 Å². The van der Waals surface area contributed by atoms with Gasteiger partial charge in [0.15, 0.2) is 0 Å². The Hall–Kier alpha value is -4.19. The molecule has 0 atom stereocenters. The summed E-state index contributed by atoms with van der Waals surface area (Å²) in [4.78, 5) is 12.6. The fraction of sp³-hybridized carbons (Fsp3) is 0.154. The van der Waals surface area contributed by atoms with Crippen LogP contribution in [-0.4, -0.2) is 4.57 Å². The number of hydrogen-bond acceptors (Lipinski definition) is 3. The lowest BCUT2D eigenvalue weighted by Crippen LogP contribution is -2.28. The molecule has 0 unspecified atom stereocenters. The summed E-state index contributed by atoms with van der Waals surface area (Å²) in [5, 5.41) is 9.27. The van der Waals surface area contributed by atoms with Crippen LogP contribution in [0.1, 0.15) is 27.8 Å². The number of alkyl halides is 9. The molecule has 4 aromatic rings. The maximum absolute atomic E-state index is 14.4. The lowest BCUT2D eigenvalue weighted by atomic mass is 10.0. The summed E-state index contributed by atoms with van der Waals surface area (Å²) in [5.74, 6) is -2.16. The molecule has 214 valence electrons. The molecule has 2 heterocycles. The first-order valence-corrected chi connectivity index (χ1v) is 11.8. The van der Waals surface area contributed by atoms with Gasteiger partial charge in [0.25, 0.3) is 5.56 Å². The fourth-order valence-corrected chi connectivity index (χ4v) is 4.91. The largest absolute Gasteiger partial charge is 0.417 e. The van der Waals surface area contributed by atoms with E-state index in [-0.39, 0.29) is 21.4 Å². The number of hydrogen-bond donors (Lipinski definition) is 0. The van der Waals surface area contributed by atoms with Gasteiger partial charge in [0.1, 0.15) is 23.3 Å². The average molecular weight is 608 g/mol. The molecule has 41 heavy (non-hydrogen) atoms. The van der Waals surface area contributed by atoms with Gasteiger partial charge >= 0.3 is 18.5 Å². The number of halogens is 11. The highest BCUT2D eigenvalue weighted by atomic mass is 32.1. The van der Waals surface area contributed by atoms with Crippen molar-refractivity contribution in [1.82, 2.24) is 4.57 Å². The van der Waals surface area contributed by atoms with E-state index in [2.05, 4.69) is 0 Å². The summed E-state index contributed by atoms with van der Waals surface area (Å²) >= 11 is 0.452. The van der Waals surface area contributed by atoms with Gasteiger partial charge in [0, 0.05) is 16.5 Å². The molecule has 0 aliphatic rings. The quantitative estimate of drug-likeness (QED) is 0.218. The highest BCUT2D eigenvalue weighted by molar-refractivity contribution is 7.18. The number of aromatic nitrogens is 1. The zero-order chi connectivity index (χ0) is 30.5. The topological polar surface area (TPSA) is 45.8 Å². The van der Waals surface area contributed by atoms with Crippen LogP contribution in [0.2, 0.25) is 0 Å². The minimum absolute atomic E-state index is 0.0941. The molecular weight excluding hydrogens is 597 g/mol. The van der Waals surface area contributed by atoms with Crippen molar-refractivity contribution in [3.8, 4) is 27.1 Å². The third-order valence-corrected chi connectivity index (χ3v) is 6.95. The highest BCUT2D eigenvalue weighted by Gasteiger charge is 2.38. The van der Waals surface area contributed by atoms with Gasteiger partial charge in [0.2, 0.25) is 0 Å². The average Bonchev–Trinajstić information content (AvgIpc) is 3.34. The van der Waals surface area contributed by atoms with Gasteiger partial charge in [0.05, 0.1) is 33.8 Å². The van der Waals surface area contributed by atoms with Crippen LogP contribution in [0.3, 0.4) is 0 Å². The molecule has 0 N–H and O–H groups in total. The molecule has 0 fully saturated rings. The predicted molar refractivity (Wildman–Crippen MR) is 125 cm³/mol. The summed E-state index contributed by atoms with van der Waals surface area (Å²) < 4.78 is 149. The van der Waals surface area contributed by atoms with Gasteiger partial charge in [-0.05, 0) is 48.0 Å². The first-order valence-electron chi connectivity index (χ1n) is 11.0. The van der Waals surface area contributed by atoms with E-state index in [1.54, 1.807) is 0 Å². The second-order valence-electron chi connectivity index (χ2n) is 8.51. The van der Waals surface area contributed by atoms with Crippen LogP contribution in [0, 0.1) is 23.0 Å². The number of nitriles is 1. The van der Waals surface area contributed by atoms with Gasteiger partial charge in [-0.25, -0.2) is 8.78 Å². The van der Waals surface area contributed by atoms with Gasteiger partial charge in [-0.2, -0.15) is 44.8 Å². The Morgan fingerprint density at radius 2 is 1.34 bits per heavy atom. The minimum Gasteiger partial charge on any atom is -0.302 e. The van der Waals surface area contributed by atoms with Crippen LogP contribution in [0.15, 0.2) is 59.4 Å². The second kappa shape index (κ2) is 10.3. The Balaban J connectivity index is 1.95. The summed E-state index contributed by atoms with van der Waals surface area (Å²) in [5.41, 5.74) is -9.25. The Morgan fingerprint density at radius 1 is 0.756 bits per heavy atom. The number of rotatable bonds is 4. The third kappa shape index (κ3) is 6.12. The minimum atomic E-state index is -5.22. The van der Waals surface area contributed by atoms with Crippen LogP contribution < -0.4 is 5.56 Å². The van der Waals surface area contributed by atoms with E-state index in [1.165, 1.54) is 0 Å². The molecule has 0 aliphatic carbocycles. The summed E-state index contributed by atoms with van der Waals surface area (Å²) in [6, 6.07) is 6.55. The van der Waals surface area contributed by atoms with E-state index in [4.69, 9.17) is 0 Å². The molecule has 15 heteroatoms. The Labute approximate surface area is 226 Å². The standard InChI is InChI=1S/C26H11F11N2OS/c27-16-2-1-12(19(28)8-16)11-39-20(9-18(26(35,36)37)17(10-38)23(39)40)22-4-3-21(41-22)13-5-14(24(29,30)31)7-15(6-13)25(32,33)34/h1-9H,11H2. The zero-order valence-electron chi connectivity index (χ0n) is 19.8. The van der Waals surface area contributed by atoms with Gasteiger partial charge in [-0.3, -0.25) is 4.79 Å². The Bertz CT molecular complexity index is 1710. The SMILES string of the molecule is N#Cc1c(C(F)(F)F)cc(-c2ccc(-c3cc(C(F)(F)F)cc(C(F)(F)F)c3)s2)n(Cc2ccc(F)cc2F)c1=O. The summed E-state index contributed by atoms with van der Waals surface area (Å²) in [7, 11) is 0. The number of nitrogens with zero attached hydrogens (tertiary/aromatic N) is 2. The molecule has 0 spiro atoms. The summed E-state index contributed by atoms with van der Waals surface area (Å²) in [6.45, 7) is -0.790. The monoisotopic (exact) mass is 608 g/mol. The molecule has 0 saturated carbocycles. The molecule has 0 amide bonds. The zero-order valence-corrected chi connectivity index (χ0v) is 20.6. The Morgan fingerprint density at radius 3 is 1.85 bits per heavy atom. The van der Waals surface area contributed by atoms with Crippen molar-refractivity contribution in [3.05, 3.63) is 104 Å². The van der Waals surface area contributed by atoms with Gasteiger partial charge in [-0.1, -0.05) is 6.07 Å². The maximum atomic E-state index is 14.4. The molecule has 0 bridgehead atoms. The molecule has 0 saturated heterocycles. The lowest BCUT2D eigenvalue weighted by Gasteiger charge is -2.17. The molecule has 0 aliphatic heterocycles. The van der Waals surface area contributed by atoms with Crippen LogP contribution in [0.5, 0.6) is 0 Å². The van der Waals surface area contributed by atoms with Crippen LogP contribution >= 0.6 is 11.3 Å². The number of thiophene rings is 1. The van der Waals surface area contributed by atoms with E-state index in [0.717, 1.165) is 30.3 Å². The van der Waals surface area contributed by atoms with Crippen molar-refractivity contribution >= 4 is 11.3 Å². The van der Waals surface area contributed by atoms with Gasteiger partial charge < -0.3 is 4.57 Å². The van der Waals surface area contributed by atoms with E-state index in [0.29, 0.717) is 40.2 Å². The van der Waals surface area contributed by atoms with E-state index in [9.17, 15) is 58.4 Å². The van der Waals surface area contributed by atoms with E-state index in [1.807, 2.05) is 0 Å². The third-order valence-electron chi connectivity index (χ3n) is 5.79. The van der Waals surface area contributed by atoms with Crippen LogP contribution in [-0.2, 0) is 25.1 Å².